The number of carbonyl (C=O) groups is 1. The monoisotopic (exact) mass is 278 g/mol. The zero-order valence-electron chi connectivity index (χ0n) is 11.2. The van der Waals surface area contributed by atoms with Crippen LogP contribution in [0.2, 0.25) is 0 Å². The minimum Gasteiger partial charge on any atom is -0.447 e. The number of nitrogens with one attached hydrogen (secondary N) is 1. The minimum absolute atomic E-state index is 0.0758. The fraction of sp³-hybridized carbons (Fsp3) is 0.615. The van der Waals surface area contributed by atoms with E-state index < -0.39 is 0 Å². The number of carbonyl (C=O) groups excluding carboxylic acids is 1. The molecule has 1 N–H and O–H groups in total. The number of rotatable bonds is 4. The van der Waals surface area contributed by atoms with Crippen molar-refractivity contribution in [3.05, 3.63) is 18.5 Å². The van der Waals surface area contributed by atoms with Gasteiger partial charge in [0.25, 0.3) is 0 Å². The lowest BCUT2D eigenvalue weighted by Gasteiger charge is -2.38. The van der Waals surface area contributed by atoms with Crippen LogP contribution in [-0.2, 0) is 9.47 Å². The largest absolute Gasteiger partial charge is 0.447 e. The summed E-state index contributed by atoms with van der Waals surface area (Å²) in [5.41, 5.74) is 0. The highest BCUT2D eigenvalue weighted by Crippen LogP contribution is 2.16. The first-order chi connectivity index (χ1) is 9.81. The Kier molecular flexibility index (Phi) is 3.96. The van der Waals surface area contributed by atoms with E-state index in [9.17, 15) is 4.79 Å². The second-order valence-corrected chi connectivity index (χ2v) is 5.03. The van der Waals surface area contributed by atoms with E-state index in [1.165, 1.54) is 0 Å². The Morgan fingerprint density at radius 1 is 1.45 bits per heavy atom. The average molecular weight is 278 g/mol. The highest BCUT2D eigenvalue weighted by atomic mass is 16.6. The number of aromatic nitrogens is 2. The molecule has 2 saturated heterocycles. The minimum atomic E-state index is -0.271. The Labute approximate surface area is 117 Å². The van der Waals surface area contributed by atoms with Crippen molar-refractivity contribution in [2.24, 2.45) is 0 Å². The van der Waals surface area contributed by atoms with E-state index in [0.717, 1.165) is 19.4 Å². The maximum atomic E-state index is 11.8. The smallest absolute Gasteiger partial charge is 0.409 e. The van der Waals surface area contributed by atoms with E-state index in [0.29, 0.717) is 25.6 Å². The van der Waals surface area contributed by atoms with Crippen LogP contribution in [-0.4, -0.2) is 59.4 Å². The number of hydrogen-bond acceptors (Lipinski definition) is 6. The molecule has 2 aliphatic heterocycles. The van der Waals surface area contributed by atoms with Crippen molar-refractivity contribution in [1.82, 2.24) is 14.9 Å². The highest BCUT2D eigenvalue weighted by Gasteiger charge is 2.32. The molecule has 0 aliphatic carbocycles. The summed E-state index contributed by atoms with van der Waals surface area (Å²) in [5.74, 6) is 0.588. The van der Waals surface area contributed by atoms with Gasteiger partial charge in [-0.2, -0.15) is 0 Å². The SMILES string of the molecule is O=C(OCC1CCCO1)N1CC(Nc2ncccn2)C1. The van der Waals surface area contributed by atoms with Crippen molar-refractivity contribution >= 4 is 12.0 Å². The summed E-state index contributed by atoms with van der Waals surface area (Å²) in [6, 6.07) is 1.95. The molecule has 0 radical (unpaired) electrons. The zero-order valence-corrected chi connectivity index (χ0v) is 11.2. The number of amides is 1. The molecule has 1 aromatic rings. The van der Waals surface area contributed by atoms with Crippen LogP contribution in [0.3, 0.4) is 0 Å². The van der Waals surface area contributed by atoms with Gasteiger partial charge in [0.15, 0.2) is 0 Å². The summed E-state index contributed by atoms with van der Waals surface area (Å²) >= 11 is 0. The molecule has 7 heteroatoms. The third-order valence-corrected chi connectivity index (χ3v) is 3.46. The van der Waals surface area contributed by atoms with Gasteiger partial charge < -0.3 is 19.7 Å². The van der Waals surface area contributed by atoms with Crippen LogP contribution in [0.1, 0.15) is 12.8 Å². The molecule has 3 rings (SSSR count). The first kappa shape index (κ1) is 13.1. The quantitative estimate of drug-likeness (QED) is 0.881. The van der Waals surface area contributed by atoms with Gasteiger partial charge >= 0.3 is 6.09 Å². The summed E-state index contributed by atoms with van der Waals surface area (Å²) in [4.78, 5) is 21.6. The first-order valence-electron chi connectivity index (χ1n) is 6.88. The summed E-state index contributed by atoms with van der Waals surface area (Å²) in [7, 11) is 0. The first-order valence-corrected chi connectivity index (χ1v) is 6.88. The lowest BCUT2D eigenvalue weighted by Crippen LogP contribution is -2.57. The van der Waals surface area contributed by atoms with Crippen LogP contribution in [0, 0.1) is 0 Å². The van der Waals surface area contributed by atoms with Crippen LogP contribution < -0.4 is 5.32 Å². The number of ether oxygens (including phenoxy) is 2. The van der Waals surface area contributed by atoms with Gasteiger partial charge in [0, 0.05) is 32.1 Å². The molecule has 1 atom stereocenters. The second kappa shape index (κ2) is 6.04. The fourth-order valence-corrected chi connectivity index (χ4v) is 2.31. The van der Waals surface area contributed by atoms with Gasteiger partial charge in [-0.25, -0.2) is 14.8 Å². The van der Waals surface area contributed by atoms with Crippen molar-refractivity contribution in [3.63, 3.8) is 0 Å². The number of nitrogens with zero attached hydrogens (tertiary/aromatic N) is 3. The van der Waals surface area contributed by atoms with Crippen molar-refractivity contribution in [2.45, 2.75) is 25.0 Å². The molecule has 20 heavy (non-hydrogen) atoms. The average Bonchev–Trinajstić information content (AvgIpc) is 2.94. The molecule has 3 heterocycles. The Bertz CT molecular complexity index is 444. The van der Waals surface area contributed by atoms with Crippen molar-refractivity contribution in [2.75, 3.05) is 31.6 Å². The van der Waals surface area contributed by atoms with E-state index in [1.807, 2.05) is 0 Å². The van der Waals surface area contributed by atoms with Crippen LogP contribution >= 0.6 is 0 Å². The number of hydrogen-bond donors (Lipinski definition) is 1. The number of likely N-dealkylation sites (tertiary alicyclic amines) is 1. The lowest BCUT2D eigenvalue weighted by atomic mass is 10.1. The molecule has 1 aromatic heterocycles. The molecular weight excluding hydrogens is 260 g/mol. The summed E-state index contributed by atoms with van der Waals surface area (Å²) < 4.78 is 10.6. The summed E-state index contributed by atoms with van der Waals surface area (Å²) in [6.07, 6.45) is 5.19. The van der Waals surface area contributed by atoms with Crippen molar-refractivity contribution < 1.29 is 14.3 Å². The standard InChI is InChI=1S/C13H18N4O3/c18-13(20-9-11-3-1-6-19-11)17-7-10(8-17)16-12-14-4-2-5-15-12/h2,4-5,10-11H,1,3,6-9H2,(H,14,15,16). The number of anilines is 1. The molecule has 7 nitrogen and oxygen atoms in total. The predicted molar refractivity (Wildman–Crippen MR) is 71.3 cm³/mol. The van der Waals surface area contributed by atoms with Gasteiger partial charge in [-0.15, -0.1) is 0 Å². The van der Waals surface area contributed by atoms with Gasteiger partial charge in [-0.3, -0.25) is 0 Å². The van der Waals surface area contributed by atoms with E-state index >= 15 is 0 Å². The maximum absolute atomic E-state index is 11.8. The Balaban J connectivity index is 1.35. The van der Waals surface area contributed by atoms with Gasteiger partial charge in [-0.05, 0) is 18.9 Å². The molecule has 1 unspecified atom stereocenters. The molecular formula is C13H18N4O3. The van der Waals surface area contributed by atoms with E-state index in [1.54, 1.807) is 23.4 Å². The topological polar surface area (TPSA) is 76.6 Å². The molecule has 2 aliphatic rings. The van der Waals surface area contributed by atoms with Crippen LogP contribution in [0.15, 0.2) is 18.5 Å². The fourth-order valence-electron chi connectivity index (χ4n) is 2.31. The maximum Gasteiger partial charge on any atom is 0.409 e. The third-order valence-electron chi connectivity index (χ3n) is 3.46. The van der Waals surface area contributed by atoms with Crippen LogP contribution in [0.4, 0.5) is 10.7 Å². The summed E-state index contributed by atoms with van der Waals surface area (Å²) in [6.45, 7) is 2.36. The molecule has 1 amide bonds. The molecule has 0 saturated carbocycles. The molecule has 108 valence electrons. The van der Waals surface area contributed by atoms with E-state index in [4.69, 9.17) is 9.47 Å². The second-order valence-electron chi connectivity index (χ2n) is 5.03. The Hall–Kier alpha value is -1.89. The lowest BCUT2D eigenvalue weighted by molar-refractivity contribution is 0.0206. The third kappa shape index (κ3) is 3.16. The van der Waals surface area contributed by atoms with Gasteiger partial charge in [-0.1, -0.05) is 0 Å². The molecule has 0 spiro atoms. The predicted octanol–water partition coefficient (Wildman–Crippen LogP) is 0.888. The van der Waals surface area contributed by atoms with Crippen molar-refractivity contribution in [1.29, 1.82) is 0 Å². The zero-order chi connectivity index (χ0) is 13.8. The van der Waals surface area contributed by atoms with Crippen LogP contribution in [0.25, 0.3) is 0 Å². The molecule has 2 fully saturated rings. The molecule has 0 bridgehead atoms. The van der Waals surface area contributed by atoms with Crippen molar-refractivity contribution in [3.8, 4) is 0 Å². The normalized spacial score (nSPS) is 22.4. The van der Waals surface area contributed by atoms with Gasteiger partial charge in [0.2, 0.25) is 5.95 Å². The van der Waals surface area contributed by atoms with Gasteiger partial charge in [0.05, 0.1) is 12.1 Å². The van der Waals surface area contributed by atoms with E-state index in [2.05, 4.69) is 15.3 Å². The summed E-state index contributed by atoms with van der Waals surface area (Å²) in [5, 5.41) is 3.16. The van der Waals surface area contributed by atoms with E-state index in [-0.39, 0.29) is 18.2 Å². The Morgan fingerprint density at radius 2 is 2.25 bits per heavy atom. The Morgan fingerprint density at radius 3 is 2.95 bits per heavy atom. The van der Waals surface area contributed by atoms with Gasteiger partial charge in [0.1, 0.15) is 6.61 Å². The molecule has 0 aromatic carbocycles. The van der Waals surface area contributed by atoms with Crippen LogP contribution in [0.5, 0.6) is 0 Å². The highest BCUT2D eigenvalue weighted by molar-refractivity contribution is 5.69.